The lowest BCUT2D eigenvalue weighted by Crippen LogP contribution is -2.25. The third kappa shape index (κ3) is 2.63. The zero-order valence-corrected chi connectivity index (χ0v) is 15.1. The number of halogens is 1. The van der Waals surface area contributed by atoms with Crippen molar-refractivity contribution in [3.8, 4) is 5.75 Å². The second-order valence-corrected chi connectivity index (χ2v) is 8.55. The molecule has 0 saturated heterocycles. The van der Waals surface area contributed by atoms with Gasteiger partial charge >= 0.3 is 0 Å². The van der Waals surface area contributed by atoms with E-state index in [0.29, 0.717) is 16.9 Å². The van der Waals surface area contributed by atoms with Crippen molar-refractivity contribution in [2.75, 3.05) is 13.2 Å². The van der Waals surface area contributed by atoms with Gasteiger partial charge in [0.15, 0.2) is 0 Å². The molecule has 0 bridgehead atoms. The van der Waals surface area contributed by atoms with Gasteiger partial charge in [-0.15, -0.1) is 0 Å². The van der Waals surface area contributed by atoms with Crippen LogP contribution in [0.15, 0.2) is 22.7 Å². The molecule has 0 amide bonds. The van der Waals surface area contributed by atoms with E-state index in [1.807, 2.05) is 0 Å². The van der Waals surface area contributed by atoms with E-state index in [0.717, 1.165) is 42.1 Å². The predicted molar refractivity (Wildman–Crippen MR) is 90.7 cm³/mol. The van der Waals surface area contributed by atoms with Crippen molar-refractivity contribution in [2.24, 2.45) is 16.7 Å². The lowest BCUT2D eigenvalue weighted by atomic mass is 10.0. The van der Waals surface area contributed by atoms with E-state index in [-0.39, 0.29) is 0 Å². The molecule has 1 aromatic rings. The predicted octanol–water partition coefficient (Wildman–Crippen LogP) is 4.93. The summed E-state index contributed by atoms with van der Waals surface area (Å²) in [6, 6.07) is 6.84. The van der Waals surface area contributed by atoms with E-state index in [4.69, 9.17) is 4.74 Å². The summed E-state index contributed by atoms with van der Waals surface area (Å²) in [6.07, 6.45) is 2.27. The van der Waals surface area contributed by atoms with Crippen LogP contribution in [0.4, 0.5) is 0 Å². The molecule has 2 nitrogen and oxygen atoms in total. The summed E-state index contributed by atoms with van der Waals surface area (Å²) < 4.78 is 6.98. The Labute approximate surface area is 136 Å². The van der Waals surface area contributed by atoms with E-state index in [2.05, 4.69) is 67.1 Å². The fourth-order valence-electron chi connectivity index (χ4n) is 3.86. The number of nitrogens with one attached hydrogen (secondary N) is 1. The second kappa shape index (κ2) is 5.27. The molecule has 3 heteroatoms. The van der Waals surface area contributed by atoms with Crippen LogP contribution in [0, 0.1) is 16.7 Å². The highest BCUT2D eigenvalue weighted by atomic mass is 79.9. The van der Waals surface area contributed by atoms with Gasteiger partial charge in [-0.1, -0.05) is 49.7 Å². The first-order valence-electron chi connectivity index (χ1n) is 7.99. The van der Waals surface area contributed by atoms with Gasteiger partial charge in [0.25, 0.3) is 0 Å². The number of hydrogen-bond acceptors (Lipinski definition) is 2. The van der Waals surface area contributed by atoms with E-state index < -0.39 is 0 Å². The van der Waals surface area contributed by atoms with Crippen molar-refractivity contribution in [1.82, 2.24) is 5.32 Å². The van der Waals surface area contributed by atoms with Gasteiger partial charge < -0.3 is 10.1 Å². The molecular weight excluding hydrogens is 326 g/mol. The molecule has 1 heterocycles. The standard InChI is InChI=1S/C18H26BrNO/c1-17(2)16(18(17,3)4)11-20-14-6-5-9-21-15-10-12(19)7-8-13(14)15/h7-8,10,14,16,20H,5-6,9,11H2,1-4H3. The van der Waals surface area contributed by atoms with Crippen LogP contribution in [-0.2, 0) is 0 Å². The maximum absolute atomic E-state index is 5.89. The molecule has 3 rings (SSSR count). The fourth-order valence-corrected chi connectivity index (χ4v) is 4.20. The Morgan fingerprint density at radius 1 is 1.24 bits per heavy atom. The summed E-state index contributed by atoms with van der Waals surface area (Å²) in [5.74, 6) is 1.79. The summed E-state index contributed by atoms with van der Waals surface area (Å²) in [4.78, 5) is 0. The lowest BCUT2D eigenvalue weighted by Gasteiger charge is -2.19. The highest BCUT2D eigenvalue weighted by Gasteiger charge is 2.63. The smallest absolute Gasteiger partial charge is 0.125 e. The summed E-state index contributed by atoms with van der Waals surface area (Å²) in [6.45, 7) is 11.5. The first kappa shape index (κ1) is 15.4. The Bertz CT molecular complexity index is 524. The number of ether oxygens (including phenoxy) is 1. The average molecular weight is 352 g/mol. The van der Waals surface area contributed by atoms with Crippen LogP contribution in [-0.4, -0.2) is 13.2 Å². The highest BCUT2D eigenvalue weighted by molar-refractivity contribution is 9.10. The maximum atomic E-state index is 5.89. The van der Waals surface area contributed by atoms with Crippen molar-refractivity contribution in [2.45, 2.75) is 46.6 Å². The largest absolute Gasteiger partial charge is 0.493 e. The third-order valence-electron chi connectivity index (χ3n) is 6.13. The van der Waals surface area contributed by atoms with Gasteiger partial charge in [0.05, 0.1) is 6.61 Å². The van der Waals surface area contributed by atoms with Crippen LogP contribution in [0.1, 0.15) is 52.1 Å². The van der Waals surface area contributed by atoms with E-state index >= 15 is 0 Å². The van der Waals surface area contributed by atoms with Gasteiger partial charge in [-0.2, -0.15) is 0 Å². The molecule has 0 radical (unpaired) electrons. The number of benzene rings is 1. The van der Waals surface area contributed by atoms with Crippen molar-refractivity contribution in [3.63, 3.8) is 0 Å². The van der Waals surface area contributed by atoms with Crippen molar-refractivity contribution in [3.05, 3.63) is 28.2 Å². The molecule has 1 unspecified atom stereocenters. The molecule has 1 fully saturated rings. The Kier molecular flexibility index (Phi) is 3.86. The zero-order valence-electron chi connectivity index (χ0n) is 13.5. The number of rotatable bonds is 3. The summed E-state index contributed by atoms with van der Waals surface area (Å²) >= 11 is 3.54. The third-order valence-corrected chi connectivity index (χ3v) is 6.63. The summed E-state index contributed by atoms with van der Waals surface area (Å²) in [5.41, 5.74) is 2.21. The molecule has 0 aromatic heterocycles. The van der Waals surface area contributed by atoms with Crippen LogP contribution in [0.5, 0.6) is 5.75 Å². The quantitative estimate of drug-likeness (QED) is 0.832. The molecule has 1 saturated carbocycles. The molecule has 21 heavy (non-hydrogen) atoms. The molecular formula is C18H26BrNO. The minimum absolute atomic E-state index is 0.419. The summed E-state index contributed by atoms with van der Waals surface area (Å²) in [7, 11) is 0. The first-order valence-corrected chi connectivity index (χ1v) is 8.79. The lowest BCUT2D eigenvalue weighted by molar-refractivity contribution is 0.314. The van der Waals surface area contributed by atoms with Crippen molar-refractivity contribution < 1.29 is 4.74 Å². The molecule has 1 aliphatic carbocycles. The second-order valence-electron chi connectivity index (χ2n) is 7.63. The first-order chi connectivity index (χ1) is 9.84. The van der Waals surface area contributed by atoms with E-state index in [9.17, 15) is 0 Å². The van der Waals surface area contributed by atoms with Crippen LogP contribution < -0.4 is 10.1 Å². The molecule has 1 N–H and O–H groups in total. The average Bonchev–Trinajstić information content (AvgIpc) is 2.89. The minimum Gasteiger partial charge on any atom is -0.493 e. The monoisotopic (exact) mass is 351 g/mol. The van der Waals surface area contributed by atoms with Crippen LogP contribution in [0.2, 0.25) is 0 Å². The number of fused-ring (bicyclic) bond motifs is 1. The molecule has 2 aliphatic rings. The Hall–Kier alpha value is -0.540. The molecule has 116 valence electrons. The molecule has 0 spiro atoms. The molecule has 1 atom stereocenters. The van der Waals surface area contributed by atoms with Crippen LogP contribution in [0.3, 0.4) is 0 Å². The number of hydrogen-bond donors (Lipinski definition) is 1. The zero-order chi connectivity index (χ0) is 15.3. The van der Waals surface area contributed by atoms with Gasteiger partial charge in [-0.3, -0.25) is 0 Å². The SMILES string of the molecule is CC1(C)C(CNC2CCCOc3cc(Br)ccc32)C1(C)C. The Balaban J connectivity index is 1.72. The fraction of sp³-hybridized carbons (Fsp3) is 0.667. The van der Waals surface area contributed by atoms with Crippen molar-refractivity contribution in [1.29, 1.82) is 0 Å². The van der Waals surface area contributed by atoms with Crippen molar-refractivity contribution >= 4 is 15.9 Å². The van der Waals surface area contributed by atoms with Gasteiger partial charge in [0, 0.05) is 16.1 Å². The Morgan fingerprint density at radius 2 is 1.95 bits per heavy atom. The minimum atomic E-state index is 0.419. The topological polar surface area (TPSA) is 21.3 Å². The normalized spacial score (nSPS) is 26.6. The van der Waals surface area contributed by atoms with Gasteiger partial charge in [-0.25, -0.2) is 0 Å². The molecule has 1 aromatic carbocycles. The highest BCUT2D eigenvalue weighted by Crippen LogP contribution is 2.68. The van der Waals surface area contributed by atoms with E-state index in [1.54, 1.807) is 0 Å². The van der Waals surface area contributed by atoms with Gasteiger partial charge in [0.1, 0.15) is 5.75 Å². The van der Waals surface area contributed by atoms with Gasteiger partial charge in [-0.05, 0) is 48.3 Å². The van der Waals surface area contributed by atoms with Gasteiger partial charge in [0.2, 0.25) is 0 Å². The molecule has 1 aliphatic heterocycles. The maximum Gasteiger partial charge on any atom is 0.125 e. The van der Waals surface area contributed by atoms with Crippen LogP contribution in [0.25, 0.3) is 0 Å². The summed E-state index contributed by atoms with van der Waals surface area (Å²) in [5, 5.41) is 3.82. The van der Waals surface area contributed by atoms with Crippen LogP contribution >= 0.6 is 15.9 Å². The van der Waals surface area contributed by atoms with E-state index in [1.165, 1.54) is 5.56 Å². The Morgan fingerprint density at radius 3 is 2.62 bits per heavy atom.